The number of rotatable bonds is 9. The van der Waals surface area contributed by atoms with Crippen LogP contribution in [0.15, 0.2) is 65.1 Å². The van der Waals surface area contributed by atoms with Crippen molar-refractivity contribution >= 4 is 0 Å². The molecule has 4 heteroatoms. The van der Waals surface area contributed by atoms with Crippen LogP contribution in [0.3, 0.4) is 0 Å². The predicted octanol–water partition coefficient (Wildman–Crippen LogP) is 5.42. The van der Waals surface area contributed by atoms with Gasteiger partial charge in [0.15, 0.2) is 11.5 Å². The van der Waals surface area contributed by atoms with E-state index in [0.29, 0.717) is 13.2 Å². The molecule has 0 fully saturated rings. The van der Waals surface area contributed by atoms with E-state index in [4.69, 9.17) is 13.9 Å². The fraction of sp³-hybridized carbons (Fsp3) is 0.304. The summed E-state index contributed by atoms with van der Waals surface area (Å²) in [6, 6.07) is 20.4. The van der Waals surface area contributed by atoms with Gasteiger partial charge in [-0.05, 0) is 56.2 Å². The van der Waals surface area contributed by atoms with Gasteiger partial charge in [0.25, 0.3) is 0 Å². The second kappa shape index (κ2) is 9.28. The molecule has 0 aliphatic heterocycles. The Balaban J connectivity index is 1.63. The molecule has 4 nitrogen and oxygen atoms in total. The van der Waals surface area contributed by atoms with E-state index >= 15 is 0 Å². The van der Waals surface area contributed by atoms with Gasteiger partial charge in [0, 0.05) is 6.54 Å². The third-order valence-corrected chi connectivity index (χ3v) is 4.35. The number of hydrogen-bond donors (Lipinski definition) is 1. The summed E-state index contributed by atoms with van der Waals surface area (Å²) in [5, 5.41) is 3.49. The van der Waals surface area contributed by atoms with Gasteiger partial charge in [-0.3, -0.25) is 0 Å². The minimum Gasteiger partial charge on any atom is -0.490 e. The highest BCUT2D eigenvalue weighted by Crippen LogP contribution is 2.29. The smallest absolute Gasteiger partial charge is 0.161 e. The van der Waals surface area contributed by atoms with Crippen LogP contribution in [-0.4, -0.2) is 6.61 Å². The van der Waals surface area contributed by atoms with Crippen LogP contribution in [0.5, 0.6) is 11.5 Å². The summed E-state index contributed by atoms with van der Waals surface area (Å²) >= 11 is 0. The molecule has 0 saturated heterocycles. The van der Waals surface area contributed by atoms with Crippen molar-refractivity contribution in [2.24, 2.45) is 0 Å². The summed E-state index contributed by atoms with van der Waals surface area (Å²) in [5.41, 5.74) is 2.27. The van der Waals surface area contributed by atoms with Crippen molar-refractivity contribution in [1.29, 1.82) is 0 Å². The first-order chi connectivity index (χ1) is 13.2. The lowest BCUT2D eigenvalue weighted by molar-refractivity contribution is 0.269. The van der Waals surface area contributed by atoms with Crippen LogP contribution in [0.1, 0.15) is 42.5 Å². The standard InChI is InChI=1S/C23H27NO3/c1-4-25-23-14-20(15-24-18(3)21-12-10-17(2)27-21)11-13-22(23)26-16-19-8-6-5-7-9-19/h5-14,18,24H,4,15-16H2,1-3H3. The monoisotopic (exact) mass is 365 g/mol. The molecular weight excluding hydrogens is 338 g/mol. The van der Waals surface area contributed by atoms with Gasteiger partial charge < -0.3 is 19.2 Å². The third kappa shape index (κ3) is 5.38. The second-order valence-electron chi connectivity index (χ2n) is 6.54. The fourth-order valence-corrected chi connectivity index (χ4v) is 2.84. The van der Waals surface area contributed by atoms with Crippen molar-refractivity contribution < 1.29 is 13.9 Å². The van der Waals surface area contributed by atoms with Crippen molar-refractivity contribution in [2.45, 2.75) is 40.0 Å². The number of hydrogen-bond acceptors (Lipinski definition) is 4. The van der Waals surface area contributed by atoms with Crippen LogP contribution < -0.4 is 14.8 Å². The average molecular weight is 365 g/mol. The Bertz CT molecular complexity index is 842. The van der Waals surface area contributed by atoms with Crippen molar-refractivity contribution in [2.75, 3.05) is 6.61 Å². The van der Waals surface area contributed by atoms with E-state index in [1.54, 1.807) is 0 Å². The summed E-state index contributed by atoms with van der Waals surface area (Å²) in [4.78, 5) is 0. The number of benzene rings is 2. The molecule has 0 radical (unpaired) electrons. The van der Waals surface area contributed by atoms with E-state index in [0.717, 1.165) is 40.7 Å². The lowest BCUT2D eigenvalue weighted by Gasteiger charge is -2.15. The quantitative estimate of drug-likeness (QED) is 0.550. The zero-order valence-electron chi connectivity index (χ0n) is 16.2. The zero-order chi connectivity index (χ0) is 19.1. The van der Waals surface area contributed by atoms with E-state index in [2.05, 4.69) is 30.4 Å². The summed E-state index contributed by atoms with van der Waals surface area (Å²) in [5.74, 6) is 3.41. The first kappa shape index (κ1) is 19.1. The molecule has 3 aromatic rings. The van der Waals surface area contributed by atoms with Gasteiger partial charge in [-0.1, -0.05) is 36.4 Å². The topological polar surface area (TPSA) is 43.6 Å². The van der Waals surface area contributed by atoms with Crippen LogP contribution in [0.4, 0.5) is 0 Å². The summed E-state index contributed by atoms with van der Waals surface area (Å²) in [6.45, 7) is 7.87. The molecule has 0 bridgehead atoms. The van der Waals surface area contributed by atoms with E-state index < -0.39 is 0 Å². The molecule has 1 unspecified atom stereocenters. The maximum absolute atomic E-state index is 5.97. The normalized spacial score (nSPS) is 12.0. The third-order valence-electron chi connectivity index (χ3n) is 4.35. The van der Waals surface area contributed by atoms with Crippen LogP contribution in [0.25, 0.3) is 0 Å². The highest BCUT2D eigenvalue weighted by atomic mass is 16.5. The van der Waals surface area contributed by atoms with Crippen LogP contribution in [-0.2, 0) is 13.2 Å². The molecule has 142 valence electrons. The molecule has 27 heavy (non-hydrogen) atoms. The first-order valence-electron chi connectivity index (χ1n) is 9.38. The van der Waals surface area contributed by atoms with Crippen LogP contribution in [0, 0.1) is 6.92 Å². The van der Waals surface area contributed by atoms with Crippen molar-refractivity contribution in [3.05, 3.63) is 83.3 Å². The lowest BCUT2D eigenvalue weighted by atomic mass is 10.1. The minimum atomic E-state index is 0.142. The maximum atomic E-state index is 5.97. The number of furan rings is 1. The van der Waals surface area contributed by atoms with Crippen molar-refractivity contribution in [3.63, 3.8) is 0 Å². The molecule has 1 heterocycles. The molecule has 0 saturated carbocycles. The maximum Gasteiger partial charge on any atom is 0.161 e. The molecule has 1 aromatic heterocycles. The molecule has 0 aliphatic carbocycles. The van der Waals surface area contributed by atoms with Gasteiger partial charge >= 0.3 is 0 Å². The largest absolute Gasteiger partial charge is 0.490 e. The molecule has 0 spiro atoms. The molecule has 2 aromatic carbocycles. The van der Waals surface area contributed by atoms with Gasteiger partial charge in [0.1, 0.15) is 18.1 Å². The Morgan fingerprint density at radius 3 is 2.44 bits per heavy atom. The summed E-state index contributed by atoms with van der Waals surface area (Å²) < 4.78 is 17.4. The average Bonchev–Trinajstić information content (AvgIpc) is 3.13. The summed E-state index contributed by atoms with van der Waals surface area (Å²) in [7, 11) is 0. The minimum absolute atomic E-state index is 0.142. The Kier molecular flexibility index (Phi) is 6.55. The Labute approximate surface area is 161 Å². The van der Waals surface area contributed by atoms with Crippen LogP contribution in [0.2, 0.25) is 0 Å². The summed E-state index contributed by atoms with van der Waals surface area (Å²) in [6.07, 6.45) is 0. The molecule has 3 rings (SSSR count). The number of ether oxygens (including phenoxy) is 2. The highest BCUT2D eigenvalue weighted by Gasteiger charge is 2.11. The van der Waals surface area contributed by atoms with Crippen LogP contribution >= 0.6 is 0 Å². The molecule has 1 atom stereocenters. The number of aryl methyl sites for hydroxylation is 1. The van der Waals surface area contributed by atoms with Gasteiger partial charge in [-0.15, -0.1) is 0 Å². The fourth-order valence-electron chi connectivity index (χ4n) is 2.84. The van der Waals surface area contributed by atoms with Gasteiger partial charge in [0.05, 0.1) is 12.6 Å². The van der Waals surface area contributed by atoms with Gasteiger partial charge in [0.2, 0.25) is 0 Å². The van der Waals surface area contributed by atoms with Gasteiger partial charge in [-0.25, -0.2) is 0 Å². The molecule has 1 N–H and O–H groups in total. The second-order valence-corrected chi connectivity index (χ2v) is 6.54. The first-order valence-corrected chi connectivity index (χ1v) is 9.38. The van der Waals surface area contributed by atoms with E-state index in [9.17, 15) is 0 Å². The van der Waals surface area contributed by atoms with E-state index in [-0.39, 0.29) is 6.04 Å². The number of nitrogens with one attached hydrogen (secondary N) is 1. The predicted molar refractivity (Wildman–Crippen MR) is 107 cm³/mol. The molecule has 0 aliphatic rings. The SMILES string of the molecule is CCOc1cc(CNC(C)c2ccc(C)o2)ccc1OCc1ccccc1. The highest BCUT2D eigenvalue weighted by molar-refractivity contribution is 5.43. The van der Waals surface area contributed by atoms with Crippen molar-refractivity contribution in [3.8, 4) is 11.5 Å². The molecule has 0 amide bonds. The van der Waals surface area contributed by atoms with E-state index in [1.807, 2.05) is 56.3 Å². The Morgan fingerprint density at radius 1 is 0.926 bits per heavy atom. The Morgan fingerprint density at radius 2 is 1.74 bits per heavy atom. The zero-order valence-corrected chi connectivity index (χ0v) is 16.2. The lowest BCUT2D eigenvalue weighted by Crippen LogP contribution is -2.17. The van der Waals surface area contributed by atoms with E-state index in [1.165, 1.54) is 0 Å². The van der Waals surface area contributed by atoms with Crippen molar-refractivity contribution in [1.82, 2.24) is 5.32 Å². The molecular formula is C23H27NO3. The Hall–Kier alpha value is -2.72. The van der Waals surface area contributed by atoms with Gasteiger partial charge in [-0.2, -0.15) is 0 Å².